The summed E-state index contributed by atoms with van der Waals surface area (Å²) in [5.41, 5.74) is 1.18. The minimum Gasteiger partial charge on any atom is -0.497 e. The molecule has 0 fully saturated rings. The number of alkyl halides is 2. The molecule has 0 aliphatic rings. The van der Waals surface area contributed by atoms with Crippen LogP contribution in [0.5, 0.6) is 5.75 Å². The van der Waals surface area contributed by atoms with Gasteiger partial charge in [0.15, 0.2) is 0 Å². The molecule has 2 aromatic heterocycles. The van der Waals surface area contributed by atoms with Gasteiger partial charge >= 0.3 is 6.55 Å². The van der Waals surface area contributed by atoms with Crippen LogP contribution in [-0.2, 0) is 6.42 Å². The maximum atomic E-state index is 12.5. The molecule has 1 aromatic carbocycles. The average Bonchev–Trinajstić information content (AvgIpc) is 3.16. The van der Waals surface area contributed by atoms with Crippen LogP contribution in [0, 0.1) is 0 Å². The van der Waals surface area contributed by atoms with E-state index in [0.717, 1.165) is 17.5 Å². The van der Waals surface area contributed by atoms with E-state index in [0.29, 0.717) is 17.0 Å². The van der Waals surface area contributed by atoms with E-state index < -0.39 is 6.55 Å². The number of aromatic nitrogens is 4. The number of benzene rings is 1. The van der Waals surface area contributed by atoms with Crippen LogP contribution in [0.2, 0.25) is 0 Å². The van der Waals surface area contributed by atoms with Crippen LogP contribution in [0.25, 0.3) is 11.6 Å². The Labute approximate surface area is 124 Å². The molecule has 0 atom stereocenters. The molecule has 8 heteroatoms. The second-order valence-corrected chi connectivity index (χ2v) is 4.48. The van der Waals surface area contributed by atoms with E-state index in [9.17, 15) is 8.78 Å². The number of rotatable bonds is 5. The lowest BCUT2D eigenvalue weighted by Crippen LogP contribution is -1.98. The van der Waals surface area contributed by atoms with Crippen LogP contribution in [0.4, 0.5) is 8.78 Å². The highest BCUT2D eigenvalue weighted by Crippen LogP contribution is 2.20. The maximum Gasteiger partial charge on any atom is 0.333 e. The number of halogens is 2. The fourth-order valence-electron chi connectivity index (χ4n) is 1.91. The molecule has 0 amide bonds. The lowest BCUT2D eigenvalue weighted by atomic mass is 10.1. The van der Waals surface area contributed by atoms with Gasteiger partial charge in [-0.15, -0.1) is 10.2 Å². The summed E-state index contributed by atoms with van der Waals surface area (Å²) in [6, 6.07) is 8.83. The summed E-state index contributed by atoms with van der Waals surface area (Å²) < 4.78 is 36.0. The zero-order valence-corrected chi connectivity index (χ0v) is 11.6. The minimum absolute atomic E-state index is 0.114. The number of hydrogen-bond donors (Lipinski definition) is 0. The Kier molecular flexibility index (Phi) is 3.82. The summed E-state index contributed by atoms with van der Waals surface area (Å²) in [7, 11) is 1.60. The highest BCUT2D eigenvalue weighted by Gasteiger charge is 2.14. The predicted molar refractivity (Wildman–Crippen MR) is 72.6 cm³/mol. The van der Waals surface area contributed by atoms with Crippen molar-refractivity contribution in [2.24, 2.45) is 0 Å². The molecule has 0 unspecified atom stereocenters. The van der Waals surface area contributed by atoms with Crippen molar-refractivity contribution in [3.05, 3.63) is 48.0 Å². The molecule has 0 aliphatic heterocycles. The van der Waals surface area contributed by atoms with E-state index in [4.69, 9.17) is 9.15 Å². The Morgan fingerprint density at radius 3 is 2.59 bits per heavy atom. The summed E-state index contributed by atoms with van der Waals surface area (Å²) in [5.74, 6) is 1.25. The zero-order chi connectivity index (χ0) is 15.5. The summed E-state index contributed by atoms with van der Waals surface area (Å²) in [4.78, 5) is 0. The summed E-state index contributed by atoms with van der Waals surface area (Å²) in [6.07, 6.45) is 1.60. The fraction of sp³-hybridized carbons (Fsp3) is 0.214. The monoisotopic (exact) mass is 306 g/mol. The van der Waals surface area contributed by atoms with E-state index in [1.807, 2.05) is 24.3 Å². The smallest absolute Gasteiger partial charge is 0.333 e. The van der Waals surface area contributed by atoms with Crippen molar-refractivity contribution >= 4 is 0 Å². The standard InChI is InChI=1S/C14H12F2N4O2/c1-21-10-4-2-9(3-5-10)8-12-17-18-13(22-12)11-6-7-20(19-11)14(15)16/h2-7,14H,8H2,1H3. The molecule has 3 rings (SSSR count). The first-order valence-electron chi connectivity index (χ1n) is 6.44. The van der Waals surface area contributed by atoms with Gasteiger partial charge in [-0.1, -0.05) is 12.1 Å². The van der Waals surface area contributed by atoms with E-state index in [-0.39, 0.29) is 11.6 Å². The van der Waals surface area contributed by atoms with Crippen LogP contribution in [0.15, 0.2) is 40.9 Å². The Hall–Kier alpha value is -2.77. The Bertz CT molecular complexity index is 752. The van der Waals surface area contributed by atoms with Gasteiger partial charge in [0, 0.05) is 6.20 Å². The number of hydrogen-bond acceptors (Lipinski definition) is 5. The fourth-order valence-corrected chi connectivity index (χ4v) is 1.91. The van der Waals surface area contributed by atoms with Crippen molar-refractivity contribution in [1.29, 1.82) is 0 Å². The zero-order valence-electron chi connectivity index (χ0n) is 11.6. The van der Waals surface area contributed by atoms with Gasteiger partial charge in [0.25, 0.3) is 5.89 Å². The normalized spacial score (nSPS) is 11.1. The first-order chi connectivity index (χ1) is 10.7. The van der Waals surface area contributed by atoms with E-state index in [2.05, 4.69) is 15.3 Å². The van der Waals surface area contributed by atoms with Crippen LogP contribution in [0.1, 0.15) is 18.0 Å². The van der Waals surface area contributed by atoms with Crippen LogP contribution in [-0.4, -0.2) is 27.1 Å². The molecule has 0 N–H and O–H groups in total. The van der Waals surface area contributed by atoms with E-state index >= 15 is 0 Å². The third-order valence-corrected chi connectivity index (χ3v) is 3.01. The van der Waals surface area contributed by atoms with Crippen molar-refractivity contribution in [1.82, 2.24) is 20.0 Å². The van der Waals surface area contributed by atoms with Gasteiger partial charge in [-0.25, -0.2) is 4.68 Å². The van der Waals surface area contributed by atoms with Gasteiger partial charge in [0.05, 0.1) is 13.5 Å². The first kappa shape index (κ1) is 14.2. The highest BCUT2D eigenvalue weighted by molar-refractivity contribution is 5.44. The average molecular weight is 306 g/mol. The molecule has 0 saturated heterocycles. The largest absolute Gasteiger partial charge is 0.497 e. The number of methoxy groups -OCH3 is 1. The van der Waals surface area contributed by atoms with Gasteiger partial charge in [0.2, 0.25) is 5.89 Å². The molecule has 0 radical (unpaired) electrons. The Morgan fingerprint density at radius 2 is 1.95 bits per heavy atom. The van der Waals surface area contributed by atoms with Crippen LogP contribution >= 0.6 is 0 Å². The molecule has 22 heavy (non-hydrogen) atoms. The third-order valence-electron chi connectivity index (χ3n) is 3.01. The molecule has 0 saturated carbocycles. The molecule has 114 valence electrons. The first-order valence-corrected chi connectivity index (χ1v) is 6.44. The Balaban J connectivity index is 1.74. The van der Waals surface area contributed by atoms with Crippen molar-refractivity contribution in [2.45, 2.75) is 13.0 Å². The summed E-state index contributed by atoms with van der Waals surface area (Å²) in [5, 5.41) is 11.4. The van der Waals surface area contributed by atoms with E-state index in [1.165, 1.54) is 6.07 Å². The van der Waals surface area contributed by atoms with Crippen LogP contribution in [0.3, 0.4) is 0 Å². The van der Waals surface area contributed by atoms with Crippen molar-refractivity contribution < 1.29 is 17.9 Å². The molecule has 0 spiro atoms. The van der Waals surface area contributed by atoms with Gasteiger partial charge in [0.1, 0.15) is 11.4 Å². The number of nitrogens with zero attached hydrogens (tertiary/aromatic N) is 4. The lowest BCUT2D eigenvalue weighted by molar-refractivity contribution is 0.0568. The lowest BCUT2D eigenvalue weighted by Gasteiger charge is -2.00. The number of ether oxygens (including phenoxy) is 1. The molecule has 0 aliphatic carbocycles. The SMILES string of the molecule is COc1ccc(Cc2nnc(-c3ccn(C(F)F)n3)o2)cc1. The molecule has 2 heterocycles. The quantitative estimate of drug-likeness (QED) is 0.725. The second kappa shape index (κ2) is 5.92. The van der Waals surface area contributed by atoms with Gasteiger partial charge in [-0.05, 0) is 23.8 Å². The highest BCUT2D eigenvalue weighted by atomic mass is 19.3. The summed E-state index contributed by atoms with van der Waals surface area (Å²) >= 11 is 0. The molecule has 6 nitrogen and oxygen atoms in total. The minimum atomic E-state index is -2.70. The molecular weight excluding hydrogens is 294 g/mol. The van der Waals surface area contributed by atoms with Gasteiger partial charge in [-0.3, -0.25) is 0 Å². The van der Waals surface area contributed by atoms with Gasteiger partial charge < -0.3 is 9.15 Å². The molecule has 3 aromatic rings. The van der Waals surface area contributed by atoms with Crippen molar-refractivity contribution in [2.75, 3.05) is 7.11 Å². The molecule has 0 bridgehead atoms. The van der Waals surface area contributed by atoms with E-state index in [1.54, 1.807) is 7.11 Å². The molecular formula is C14H12F2N4O2. The maximum absolute atomic E-state index is 12.5. The summed E-state index contributed by atoms with van der Waals surface area (Å²) in [6.45, 7) is -2.70. The Morgan fingerprint density at radius 1 is 1.18 bits per heavy atom. The van der Waals surface area contributed by atoms with Gasteiger partial charge in [-0.2, -0.15) is 13.9 Å². The topological polar surface area (TPSA) is 66.0 Å². The van der Waals surface area contributed by atoms with Crippen LogP contribution < -0.4 is 4.74 Å². The van der Waals surface area contributed by atoms with Crippen molar-refractivity contribution in [3.8, 4) is 17.3 Å². The third kappa shape index (κ3) is 2.95. The second-order valence-electron chi connectivity index (χ2n) is 4.48. The predicted octanol–water partition coefficient (Wildman–Crippen LogP) is 2.93. The van der Waals surface area contributed by atoms with Crippen molar-refractivity contribution in [3.63, 3.8) is 0 Å².